The number of ketones is 1. The standard InChI is InChI=1S/C11H9NOS2/c13-10(11-2-1-7-14-11)8-15-9-3-5-12-6-4-9/h1-7H,8H2. The molecule has 2 heterocycles. The summed E-state index contributed by atoms with van der Waals surface area (Å²) in [6.45, 7) is 0. The molecule has 0 radical (unpaired) electrons. The summed E-state index contributed by atoms with van der Waals surface area (Å²) in [6.07, 6.45) is 3.47. The number of rotatable bonds is 4. The zero-order valence-electron chi connectivity index (χ0n) is 7.92. The minimum absolute atomic E-state index is 0.187. The van der Waals surface area contributed by atoms with Crippen molar-refractivity contribution >= 4 is 28.9 Å². The van der Waals surface area contributed by atoms with Crippen LogP contribution in [0.5, 0.6) is 0 Å². The summed E-state index contributed by atoms with van der Waals surface area (Å²) < 4.78 is 0. The van der Waals surface area contributed by atoms with Crippen LogP contribution in [0.4, 0.5) is 0 Å². The minimum atomic E-state index is 0.187. The predicted octanol–water partition coefficient (Wildman–Crippen LogP) is 3.12. The lowest BCUT2D eigenvalue weighted by molar-refractivity contribution is 0.102. The van der Waals surface area contributed by atoms with E-state index in [2.05, 4.69) is 4.98 Å². The van der Waals surface area contributed by atoms with Crippen LogP contribution in [0.3, 0.4) is 0 Å². The van der Waals surface area contributed by atoms with Crippen LogP contribution in [0, 0.1) is 0 Å². The van der Waals surface area contributed by atoms with Crippen molar-refractivity contribution in [3.63, 3.8) is 0 Å². The monoisotopic (exact) mass is 235 g/mol. The number of thiophene rings is 1. The number of pyridine rings is 1. The van der Waals surface area contributed by atoms with E-state index in [-0.39, 0.29) is 5.78 Å². The lowest BCUT2D eigenvalue weighted by Gasteiger charge is -1.98. The van der Waals surface area contributed by atoms with Gasteiger partial charge in [0, 0.05) is 17.3 Å². The number of aromatic nitrogens is 1. The highest BCUT2D eigenvalue weighted by Gasteiger charge is 2.06. The van der Waals surface area contributed by atoms with Crippen LogP contribution in [0.2, 0.25) is 0 Å². The van der Waals surface area contributed by atoms with Gasteiger partial charge in [-0.05, 0) is 23.6 Å². The Morgan fingerprint density at radius 2 is 2.13 bits per heavy atom. The first kappa shape index (κ1) is 10.4. The van der Waals surface area contributed by atoms with Crippen molar-refractivity contribution in [3.05, 3.63) is 46.9 Å². The molecule has 0 N–H and O–H groups in total. The molecule has 0 aliphatic carbocycles. The second kappa shape index (κ2) is 5.09. The molecule has 0 fully saturated rings. The topological polar surface area (TPSA) is 30.0 Å². The van der Waals surface area contributed by atoms with Crippen LogP contribution < -0.4 is 0 Å². The molecule has 76 valence electrons. The van der Waals surface area contributed by atoms with Crippen LogP contribution in [-0.2, 0) is 0 Å². The average molecular weight is 235 g/mol. The Morgan fingerprint density at radius 3 is 2.80 bits per heavy atom. The fraction of sp³-hybridized carbons (Fsp3) is 0.0909. The van der Waals surface area contributed by atoms with E-state index in [0.717, 1.165) is 9.77 Å². The van der Waals surface area contributed by atoms with Crippen LogP contribution in [-0.4, -0.2) is 16.5 Å². The summed E-state index contributed by atoms with van der Waals surface area (Å²) in [5.74, 6) is 0.677. The molecule has 0 saturated carbocycles. The van der Waals surface area contributed by atoms with Crippen LogP contribution in [0.25, 0.3) is 0 Å². The summed E-state index contributed by atoms with van der Waals surface area (Å²) in [4.78, 5) is 17.5. The van der Waals surface area contributed by atoms with E-state index >= 15 is 0 Å². The van der Waals surface area contributed by atoms with Crippen molar-refractivity contribution in [1.29, 1.82) is 0 Å². The zero-order valence-corrected chi connectivity index (χ0v) is 9.55. The second-order valence-corrected chi connectivity index (χ2v) is 4.87. The zero-order chi connectivity index (χ0) is 10.5. The summed E-state index contributed by atoms with van der Waals surface area (Å²) in [7, 11) is 0. The van der Waals surface area contributed by atoms with Gasteiger partial charge in [0.25, 0.3) is 0 Å². The van der Waals surface area contributed by atoms with Gasteiger partial charge in [0.15, 0.2) is 5.78 Å². The molecule has 0 spiro atoms. The Balaban J connectivity index is 1.92. The quantitative estimate of drug-likeness (QED) is 0.602. The van der Waals surface area contributed by atoms with E-state index in [1.165, 1.54) is 11.3 Å². The van der Waals surface area contributed by atoms with E-state index in [1.807, 2.05) is 29.6 Å². The van der Waals surface area contributed by atoms with Gasteiger partial charge in [-0.1, -0.05) is 6.07 Å². The maximum atomic E-state index is 11.7. The highest BCUT2D eigenvalue weighted by atomic mass is 32.2. The van der Waals surface area contributed by atoms with Crippen molar-refractivity contribution < 1.29 is 4.79 Å². The van der Waals surface area contributed by atoms with Gasteiger partial charge in [-0.15, -0.1) is 23.1 Å². The summed E-state index contributed by atoms with van der Waals surface area (Å²) >= 11 is 3.03. The molecule has 0 atom stereocenters. The molecule has 0 amide bonds. The molecule has 2 nitrogen and oxygen atoms in total. The van der Waals surface area contributed by atoms with Gasteiger partial charge < -0.3 is 0 Å². The van der Waals surface area contributed by atoms with Crippen molar-refractivity contribution in [1.82, 2.24) is 4.98 Å². The Labute approximate surface area is 96.4 Å². The normalized spacial score (nSPS) is 10.1. The average Bonchev–Trinajstić information content (AvgIpc) is 2.81. The number of carbonyl (C=O) groups excluding carboxylic acids is 1. The number of Topliss-reactive ketones (excluding diaryl/α,β-unsaturated/α-hetero) is 1. The Hall–Kier alpha value is -1.13. The maximum Gasteiger partial charge on any atom is 0.182 e. The van der Waals surface area contributed by atoms with Gasteiger partial charge >= 0.3 is 0 Å². The molecule has 0 unspecified atom stereocenters. The van der Waals surface area contributed by atoms with Crippen molar-refractivity contribution in [2.45, 2.75) is 4.90 Å². The molecule has 0 bridgehead atoms. The summed E-state index contributed by atoms with van der Waals surface area (Å²) in [6, 6.07) is 7.58. The molecule has 0 saturated heterocycles. The maximum absolute atomic E-state index is 11.7. The molecular weight excluding hydrogens is 226 g/mol. The molecule has 4 heteroatoms. The van der Waals surface area contributed by atoms with Gasteiger partial charge in [0.2, 0.25) is 0 Å². The summed E-state index contributed by atoms with van der Waals surface area (Å²) in [5, 5.41) is 1.92. The lowest BCUT2D eigenvalue weighted by atomic mass is 10.4. The number of hydrogen-bond acceptors (Lipinski definition) is 4. The third-order valence-electron chi connectivity index (χ3n) is 1.82. The first-order valence-corrected chi connectivity index (χ1v) is 6.32. The smallest absolute Gasteiger partial charge is 0.182 e. The third-order valence-corrected chi connectivity index (χ3v) is 3.74. The largest absolute Gasteiger partial charge is 0.292 e. The first-order chi connectivity index (χ1) is 7.36. The third kappa shape index (κ3) is 2.91. The molecule has 0 aliphatic rings. The minimum Gasteiger partial charge on any atom is -0.292 e. The first-order valence-electron chi connectivity index (χ1n) is 4.46. The summed E-state index contributed by atoms with van der Waals surface area (Å²) in [5.41, 5.74) is 0. The van der Waals surface area contributed by atoms with E-state index in [0.29, 0.717) is 5.75 Å². The highest BCUT2D eigenvalue weighted by molar-refractivity contribution is 8.00. The molecule has 0 aliphatic heterocycles. The van der Waals surface area contributed by atoms with Crippen molar-refractivity contribution in [3.8, 4) is 0 Å². The van der Waals surface area contributed by atoms with Gasteiger partial charge in [-0.2, -0.15) is 0 Å². The van der Waals surface area contributed by atoms with Crippen molar-refractivity contribution in [2.24, 2.45) is 0 Å². The van der Waals surface area contributed by atoms with E-state index in [4.69, 9.17) is 0 Å². The Bertz CT molecular complexity index is 425. The van der Waals surface area contributed by atoms with Crippen molar-refractivity contribution in [2.75, 3.05) is 5.75 Å². The van der Waals surface area contributed by atoms with Gasteiger partial charge in [0.05, 0.1) is 10.6 Å². The Morgan fingerprint density at radius 1 is 1.33 bits per heavy atom. The second-order valence-electron chi connectivity index (χ2n) is 2.87. The van der Waals surface area contributed by atoms with Crippen LogP contribution in [0.1, 0.15) is 9.67 Å². The SMILES string of the molecule is O=C(CSc1ccncc1)c1cccs1. The fourth-order valence-electron chi connectivity index (χ4n) is 1.09. The van der Waals surface area contributed by atoms with E-state index in [9.17, 15) is 4.79 Å². The number of nitrogens with zero attached hydrogens (tertiary/aromatic N) is 1. The van der Waals surface area contributed by atoms with Gasteiger partial charge in [-0.25, -0.2) is 0 Å². The van der Waals surface area contributed by atoms with Gasteiger partial charge in [0.1, 0.15) is 0 Å². The van der Waals surface area contributed by atoms with Crippen LogP contribution in [0.15, 0.2) is 46.9 Å². The number of thioether (sulfide) groups is 1. The molecule has 2 aromatic rings. The predicted molar refractivity (Wildman–Crippen MR) is 63.6 cm³/mol. The van der Waals surface area contributed by atoms with E-state index < -0.39 is 0 Å². The highest BCUT2D eigenvalue weighted by Crippen LogP contribution is 2.19. The lowest BCUT2D eigenvalue weighted by Crippen LogP contribution is -1.98. The number of carbonyl (C=O) groups is 1. The number of hydrogen-bond donors (Lipinski definition) is 0. The molecule has 15 heavy (non-hydrogen) atoms. The molecule has 2 aromatic heterocycles. The van der Waals surface area contributed by atoms with Gasteiger partial charge in [-0.3, -0.25) is 9.78 Å². The van der Waals surface area contributed by atoms with Crippen LogP contribution >= 0.6 is 23.1 Å². The Kier molecular flexibility index (Phi) is 3.53. The molecule has 2 rings (SSSR count). The van der Waals surface area contributed by atoms with E-state index in [1.54, 1.807) is 24.2 Å². The fourth-order valence-corrected chi connectivity index (χ4v) is 2.61. The molecule has 0 aromatic carbocycles. The molecular formula is C11H9NOS2.